The SMILES string of the molecule is CCCN(CC1CCCN1)c1cc(C)ccc1[N+](=O)[O-]. The fraction of sp³-hybridized carbons (Fsp3) is 0.600. The van der Waals surface area contributed by atoms with Gasteiger partial charge in [-0.1, -0.05) is 13.0 Å². The quantitative estimate of drug-likeness (QED) is 0.641. The van der Waals surface area contributed by atoms with E-state index in [0.717, 1.165) is 43.7 Å². The smallest absolute Gasteiger partial charge is 0.292 e. The maximum Gasteiger partial charge on any atom is 0.292 e. The first-order valence-corrected chi connectivity index (χ1v) is 7.35. The monoisotopic (exact) mass is 277 g/mol. The molecule has 0 spiro atoms. The van der Waals surface area contributed by atoms with Crippen LogP contribution in [-0.2, 0) is 0 Å². The number of nitro benzene ring substituents is 1. The first-order chi connectivity index (χ1) is 9.61. The first-order valence-electron chi connectivity index (χ1n) is 7.35. The molecule has 2 rings (SSSR count). The van der Waals surface area contributed by atoms with Gasteiger partial charge in [-0.05, 0) is 44.4 Å². The first kappa shape index (κ1) is 14.8. The lowest BCUT2D eigenvalue weighted by Crippen LogP contribution is -2.38. The van der Waals surface area contributed by atoms with Crippen LogP contribution in [0.15, 0.2) is 18.2 Å². The molecular weight excluding hydrogens is 254 g/mol. The Labute approximate surface area is 120 Å². The van der Waals surface area contributed by atoms with Gasteiger partial charge < -0.3 is 10.2 Å². The third-order valence-corrected chi connectivity index (χ3v) is 3.76. The van der Waals surface area contributed by atoms with Gasteiger partial charge in [-0.2, -0.15) is 0 Å². The Morgan fingerprint density at radius 3 is 2.90 bits per heavy atom. The van der Waals surface area contributed by atoms with E-state index in [1.54, 1.807) is 12.1 Å². The zero-order valence-electron chi connectivity index (χ0n) is 12.3. The highest BCUT2D eigenvalue weighted by molar-refractivity contribution is 5.64. The van der Waals surface area contributed by atoms with Crippen LogP contribution in [0.4, 0.5) is 11.4 Å². The van der Waals surface area contributed by atoms with E-state index < -0.39 is 0 Å². The van der Waals surface area contributed by atoms with Gasteiger partial charge in [0.2, 0.25) is 0 Å². The number of aryl methyl sites for hydroxylation is 1. The highest BCUT2D eigenvalue weighted by atomic mass is 16.6. The lowest BCUT2D eigenvalue weighted by molar-refractivity contribution is -0.384. The van der Waals surface area contributed by atoms with Gasteiger partial charge in [0.1, 0.15) is 5.69 Å². The predicted octanol–water partition coefficient (Wildman–Crippen LogP) is 2.87. The van der Waals surface area contributed by atoms with Crippen LogP contribution in [0.5, 0.6) is 0 Å². The van der Waals surface area contributed by atoms with Crippen molar-refractivity contribution in [3.05, 3.63) is 33.9 Å². The van der Waals surface area contributed by atoms with E-state index in [9.17, 15) is 10.1 Å². The molecule has 5 nitrogen and oxygen atoms in total. The Morgan fingerprint density at radius 1 is 1.50 bits per heavy atom. The highest BCUT2D eigenvalue weighted by Gasteiger charge is 2.23. The summed E-state index contributed by atoms with van der Waals surface area (Å²) in [5.41, 5.74) is 2.03. The van der Waals surface area contributed by atoms with Gasteiger partial charge in [0.25, 0.3) is 5.69 Å². The van der Waals surface area contributed by atoms with Crippen LogP contribution in [0.3, 0.4) is 0 Å². The molecule has 20 heavy (non-hydrogen) atoms. The average Bonchev–Trinajstić information content (AvgIpc) is 2.90. The molecule has 1 aromatic carbocycles. The van der Waals surface area contributed by atoms with Crippen molar-refractivity contribution in [2.75, 3.05) is 24.5 Å². The van der Waals surface area contributed by atoms with Crippen LogP contribution < -0.4 is 10.2 Å². The van der Waals surface area contributed by atoms with E-state index >= 15 is 0 Å². The summed E-state index contributed by atoms with van der Waals surface area (Å²) in [6, 6.07) is 5.80. The molecule has 1 N–H and O–H groups in total. The largest absolute Gasteiger partial charge is 0.364 e. The molecule has 1 aliphatic rings. The van der Waals surface area contributed by atoms with Crippen molar-refractivity contribution in [2.24, 2.45) is 0 Å². The Hall–Kier alpha value is -1.62. The maximum atomic E-state index is 11.2. The summed E-state index contributed by atoms with van der Waals surface area (Å²) in [7, 11) is 0. The zero-order valence-corrected chi connectivity index (χ0v) is 12.3. The highest BCUT2D eigenvalue weighted by Crippen LogP contribution is 2.30. The molecule has 0 saturated carbocycles. The van der Waals surface area contributed by atoms with Crippen LogP contribution in [0.1, 0.15) is 31.7 Å². The van der Waals surface area contributed by atoms with E-state index in [1.165, 1.54) is 6.42 Å². The molecule has 5 heteroatoms. The van der Waals surface area contributed by atoms with Crippen LogP contribution in [-0.4, -0.2) is 30.6 Å². The number of hydrogen-bond donors (Lipinski definition) is 1. The van der Waals surface area contributed by atoms with Gasteiger partial charge in [-0.25, -0.2) is 0 Å². The average molecular weight is 277 g/mol. The summed E-state index contributed by atoms with van der Waals surface area (Å²) in [5.74, 6) is 0. The number of nitrogens with one attached hydrogen (secondary N) is 1. The zero-order chi connectivity index (χ0) is 14.5. The lowest BCUT2D eigenvalue weighted by Gasteiger charge is -2.27. The summed E-state index contributed by atoms with van der Waals surface area (Å²) >= 11 is 0. The van der Waals surface area contributed by atoms with Gasteiger partial charge in [0, 0.05) is 25.2 Å². The normalized spacial score (nSPS) is 18.2. The van der Waals surface area contributed by atoms with Crippen LogP contribution in [0, 0.1) is 17.0 Å². The second kappa shape index (κ2) is 6.70. The number of nitro groups is 1. The topological polar surface area (TPSA) is 58.4 Å². The summed E-state index contributed by atoms with van der Waals surface area (Å²) in [6.07, 6.45) is 3.33. The molecule has 0 radical (unpaired) electrons. The van der Waals surface area contributed by atoms with Crippen molar-refractivity contribution in [3.8, 4) is 0 Å². The minimum absolute atomic E-state index is 0.210. The summed E-state index contributed by atoms with van der Waals surface area (Å²) in [5, 5.41) is 14.7. The molecule has 1 saturated heterocycles. The number of rotatable bonds is 6. The van der Waals surface area contributed by atoms with E-state index in [2.05, 4.69) is 17.1 Å². The number of nitrogens with zero attached hydrogens (tertiary/aromatic N) is 2. The lowest BCUT2D eigenvalue weighted by atomic mass is 10.1. The summed E-state index contributed by atoms with van der Waals surface area (Å²) in [4.78, 5) is 13.1. The second-order valence-electron chi connectivity index (χ2n) is 5.49. The van der Waals surface area contributed by atoms with Crippen LogP contribution in [0.25, 0.3) is 0 Å². The molecule has 1 aliphatic heterocycles. The van der Waals surface area contributed by atoms with Crippen molar-refractivity contribution < 1.29 is 4.92 Å². The Balaban J connectivity index is 2.26. The molecule has 0 aliphatic carbocycles. The molecular formula is C15H23N3O2. The minimum atomic E-state index is -0.278. The van der Waals surface area contributed by atoms with Gasteiger partial charge in [0.15, 0.2) is 0 Å². The molecule has 1 aromatic rings. The van der Waals surface area contributed by atoms with Crippen molar-refractivity contribution in [2.45, 2.75) is 39.2 Å². The fourth-order valence-electron chi connectivity index (χ4n) is 2.80. The molecule has 0 amide bonds. The van der Waals surface area contributed by atoms with Gasteiger partial charge in [-0.15, -0.1) is 0 Å². The number of hydrogen-bond acceptors (Lipinski definition) is 4. The van der Waals surface area contributed by atoms with Crippen molar-refractivity contribution in [1.82, 2.24) is 5.32 Å². The van der Waals surface area contributed by atoms with E-state index in [0.29, 0.717) is 6.04 Å². The standard InChI is InChI=1S/C15H23N3O2/c1-3-9-17(11-13-5-4-8-16-13)15-10-12(2)6-7-14(15)18(19)20/h6-7,10,13,16H,3-5,8-9,11H2,1-2H3. The Morgan fingerprint density at radius 2 is 2.30 bits per heavy atom. The van der Waals surface area contributed by atoms with Gasteiger partial charge in [0.05, 0.1) is 4.92 Å². The molecule has 1 unspecified atom stereocenters. The third kappa shape index (κ3) is 3.48. The molecule has 1 heterocycles. The summed E-state index contributed by atoms with van der Waals surface area (Å²) in [6.45, 7) is 6.84. The third-order valence-electron chi connectivity index (χ3n) is 3.76. The Bertz CT molecular complexity index is 470. The van der Waals surface area contributed by atoms with Crippen molar-refractivity contribution in [3.63, 3.8) is 0 Å². The summed E-state index contributed by atoms with van der Waals surface area (Å²) < 4.78 is 0. The predicted molar refractivity (Wildman–Crippen MR) is 81.4 cm³/mol. The minimum Gasteiger partial charge on any atom is -0.364 e. The van der Waals surface area contributed by atoms with E-state index in [1.807, 2.05) is 13.0 Å². The maximum absolute atomic E-state index is 11.2. The molecule has 1 atom stereocenters. The van der Waals surface area contributed by atoms with Crippen LogP contribution in [0.2, 0.25) is 0 Å². The van der Waals surface area contributed by atoms with Gasteiger partial charge >= 0.3 is 0 Å². The molecule has 0 bridgehead atoms. The molecule has 0 aromatic heterocycles. The number of benzene rings is 1. The van der Waals surface area contributed by atoms with Crippen molar-refractivity contribution >= 4 is 11.4 Å². The van der Waals surface area contributed by atoms with Gasteiger partial charge in [-0.3, -0.25) is 10.1 Å². The van der Waals surface area contributed by atoms with E-state index in [-0.39, 0.29) is 10.6 Å². The molecule has 110 valence electrons. The van der Waals surface area contributed by atoms with Crippen LogP contribution >= 0.6 is 0 Å². The molecule has 1 fully saturated rings. The fourth-order valence-corrected chi connectivity index (χ4v) is 2.80. The second-order valence-corrected chi connectivity index (χ2v) is 5.49. The number of anilines is 1. The van der Waals surface area contributed by atoms with Crippen molar-refractivity contribution in [1.29, 1.82) is 0 Å². The van der Waals surface area contributed by atoms with E-state index in [4.69, 9.17) is 0 Å². The Kier molecular flexibility index (Phi) is 4.95.